The zero-order valence-corrected chi connectivity index (χ0v) is 8.65. The van der Waals surface area contributed by atoms with Crippen LogP contribution >= 0.6 is 11.8 Å². The molecular weight excluding hydrogens is 190 g/mol. The van der Waals surface area contributed by atoms with Crippen LogP contribution in [0.25, 0.3) is 0 Å². The second kappa shape index (κ2) is 6.77. The fourth-order valence-corrected chi connectivity index (χ4v) is 1.29. The Bertz CT molecular complexity index is 201. The maximum atomic E-state index is 11.2. The number of amides is 1. The van der Waals surface area contributed by atoms with Crippen LogP contribution in [-0.4, -0.2) is 37.0 Å². The van der Waals surface area contributed by atoms with E-state index in [9.17, 15) is 9.59 Å². The van der Waals surface area contributed by atoms with E-state index in [4.69, 9.17) is 1.37 Å². The Kier molecular flexibility index (Phi) is 5.40. The summed E-state index contributed by atoms with van der Waals surface area (Å²) in [6, 6.07) is -0.620. The smallest absolute Gasteiger partial charge is 0.328 e. The van der Waals surface area contributed by atoms with Crippen molar-refractivity contribution in [2.45, 2.75) is 19.4 Å². The Morgan fingerprint density at radius 1 is 1.69 bits per heavy atom. The number of nitrogens with one attached hydrogen (secondary N) is 1. The molecule has 0 saturated carbocycles. The summed E-state index contributed by atoms with van der Waals surface area (Å²) >= 11 is 1.59. The van der Waals surface area contributed by atoms with Gasteiger partial charge in [0.15, 0.2) is 0 Å². The van der Waals surface area contributed by atoms with Crippen molar-refractivity contribution in [3.63, 3.8) is 0 Å². The van der Waals surface area contributed by atoms with Crippen molar-refractivity contribution in [2.75, 3.05) is 19.1 Å². The van der Waals surface area contributed by atoms with Crippen molar-refractivity contribution in [1.82, 2.24) is 5.32 Å². The molecular formula is C8H15NO3S. The molecule has 13 heavy (non-hydrogen) atoms. The largest absolute Gasteiger partial charge is 0.467 e. The lowest BCUT2D eigenvalue weighted by atomic mass is 10.2. The van der Waals surface area contributed by atoms with E-state index < -0.39 is 17.9 Å². The molecule has 1 amide bonds. The first kappa shape index (κ1) is 10.4. The number of carbonyl (C=O) groups excluding carboxylic acids is 2. The third-order valence-corrected chi connectivity index (χ3v) is 2.08. The van der Waals surface area contributed by atoms with E-state index in [1.54, 1.807) is 11.8 Å². The standard InChI is InChI=1S/C8H15NO3S/c1-6(10)9-7(4-5-13-3)8(11)12-2/h7H,4-5H2,1-3H3,(H,9,10)/t7-/m0/s1/i1D. The van der Waals surface area contributed by atoms with Crippen molar-refractivity contribution in [2.24, 2.45) is 0 Å². The normalized spacial score (nSPS) is 12.9. The van der Waals surface area contributed by atoms with Crippen LogP contribution in [0.5, 0.6) is 0 Å². The number of thioether (sulfide) groups is 1. The monoisotopic (exact) mass is 206 g/mol. The molecule has 0 rings (SSSR count). The molecule has 0 fully saturated rings. The summed E-state index contributed by atoms with van der Waals surface area (Å²) in [7, 11) is 1.28. The predicted octanol–water partition coefficient (Wildman–Crippen LogP) is 0.417. The number of carbonyl (C=O) groups is 2. The van der Waals surface area contributed by atoms with Gasteiger partial charge in [0.25, 0.3) is 0 Å². The minimum Gasteiger partial charge on any atom is -0.467 e. The van der Waals surface area contributed by atoms with E-state index in [2.05, 4.69) is 10.1 Å². The molecule has 0 bridgehead atoms. The highest BCUT2D eigenvalue weighted by atomic mass is 32.2. The lowest BCUT2D eigenvalue weighted by molar-refractivity contribution is -0.144. The molecule has 0 aromatic carbocycles. The molecule has 76 valence electrons. The predicted molar refractivity (Wildman–Crippen MR) is 52.6 cm³/mol. The van der Waals surface area contributed by atoms with Crippen molar-refractivity contribution in [1.29, 1.82) is 0 Å². The van der Waals surface area contributed by atoms with Gasteiger partial charge in [0.2, 0.25) is 5.91 Å². The number of esters is 1. The third-order valence-electron chi connectivity index (χ3n) is 1.43. The summed E-state index contributed by atoms with van der Waals surface area (Å²) in [5.41, 5.74) is 0. The summed E-state index contributed by atoms with van der Waals surface area (Å²) < 4.78 is 11.3. The summed E-state index contributed by atoms with van der Waals surface area (Å²) in [5, 5.41) is 2.44. The van der Waals surface area contributed by atoms with Crippen LogP contribution < -0.4 is 5.32 Å². The van der Waals surface area contributed by atoms with E-state index >= 15 is 0 Å². The van der Waals surface area contributed by atoms with Gasteiger partial charge in [-0.15, -0.1) is 0 Å². The molecule has 0 aromatic heterocycles. The van der Waals surface area contributed by atoms with Gasteiger partial charge in [-0.25, -0.2) is 4.79 Å². The molecule has 0 saturated heterocycles. The topological polar surface area (TPSA) is 55.4 Å². The summed E-state index contributed by atoms with van der Waals surface area (Å²) in [4.78, 5) is 22.1. The van der Waals surface area contributed by atoms with Gasteiger partial charge in [0.05, 0.1) is 7.11 Å². The van der Waals surface area contributed by atoms with Gasteiger partial charge >= 0.3 is 5.97 Å². The molecule has 0 aliphatic rings. The van der Waals surface area contributed by atoms with E-state index in [0.29, 0.717) is 6.42 Å². The Morgan fingerprint density at radius 3 is 2.85 bits per heavy atom. The Balaban J connectivity index is 4.09. The van der Waals surface area contributed by atoms with Gasteiger partial charge in [0.1, 0.15) is 6.04 Å². The van der Waals surface area contributed by atoms with Crippen LogP contribution in [0.1, 0.15) is 14.7 Å². The van der Waals surface area contributed by atoms with Gasteiger partial charge in [-0.1, -0.05) is 0 Å². The van der Waals surface area contributed by atoms with E-state index in [1.807, 2.05) is 6.26 Å². The Morgan fingerprint density at radius 2 is 2.38 bits per heavy atom. The van der Waals surface area contributed by atoms with Crippen molar-refractivity contribution < 1.29 is 15.7 Å². The first-order chi connectivity index (χ1) is 6.65. The molecule has 0 aliphatic carbocycles. The zero-order valence-electron chi connectivity index (χ0n) is 8.83. The average molecular weight is 206 g/mol. The quantitative estimate of drug-likeness (QED) is 0.662. The molecule has 0 heterocycles. The van der Waals surface area contributed by atoms with E-state index in [-0.39, 0.29) is 6.90 Å². The number of hydrogen-bond acceptors (Lipinski definition) is 4. The molecule has 0 aromatic rings. The van der Waals surface area contributed by atoms with Crippen LogP contribution in [0.15, 0.2) is 0 Å². The Hall–Kier alpha value is -0.710. The van der Waals surface area contributed by atoms with Gasteiger partial charge < -0.3 is 10.1 Å². The average Bonchev–Trinajstić information content (AvgIpc) is 2.22. The maximum Gasteiger partial charge on any atom is 0.328 e. The molecule has 1 atom stereocenters. The lowest BCUT2D eigenvalue weighted by Crippen LogP contribution is -2.40. The summed E-state index contributed by atoms with van der Waals surface area (Å²) in [5.74, 6) is -0.153. The van der Waals surface area contributed by atoms with Crippen LogP contribution in [0.2, 0.25) is 0 Å². The second-order valence-corrected chi connectivity index (χ2v) is 3.41. The van der Waals surface area contributed by atoms with E-state index in [1.165, 1.54) is 7.11 Å². The molecule has 0 radical (unpaired) electrons. The van der Waals surface area contributed by atoms with Gasteiger partial charge in [0, 0.05) is 8.27 Å². The number of methoxy groups -OCH3 is 1. The molecule has 1 N–H and O–H groups in total. The number of rotatable bonds is 5. The minimum atomic E-state index is -0.620. The van der Waals surface area contributed by atoms with Crippen LogP contribution in [0.3, 0.4) is 0 Å². The third kappa shape index (κ3) is 5.52. The first-order valence-electron chi connectivity index (χ1n) is 4.51. The Labute approximate surface area is 83.8 Å². The SMILES string of the molecule is [2H]CC(=O)N[C@@H](CCSC)C(=O)OC. The lowest BCUT2D eigenvalue weighted by Gasteiger charge is -2.14. The van der Waals surface area contributed by atoms with Gasteiger partial charge in [-0.3, -0.25) is 4.79 Å². The maximum absolute atomic E-state index is 11.2. The molecule has 5 heteroatoms. The van der Waals surface area contributed by atoms with Crippen molar-refractivity contribution >= 4 is 23.6 Å². The fraction of sp³-hybridized carbons (Fsp3) is 0.750. The highest BCUT2D eigenvalue weighted by molar-refractivity contribution is 7.98. The second-order valence-electron chi connectivity index (χ2n) is 2.42. The van der Waals surface area contributed by atoms with Crippen LogP contribution in [0.4, 0.5) is 0 Å². The summed E-state index contributed by atoms with van der Waals surface area (Å²) in [6.45, 7) is -0.368. The minimum absolute atomic E-state index is 0.368. The molecule has 0 aliphatic heterocycles. The summed E-state index contributed by atoms with van der Waals surface area (Å²) in [6.07, 6.45) is 2.44. The highest BCUT2D eigenvalue weighted by Crippen LogP contribution is 2.02. The molecule has 0 unspecified atom stereocenters. The van der Waals surface area contributed by atoms with E-state index in [0.717, 1.165) is 5.75 Å². The first-order valence-corrected chi connectivity index (χ1v) is 5.20. The fourth-order valence-electron chi connectivity index (χ4n) is 0.821. The van der Waals surface area contributed by atoms with Gasteiger partial charge in [-0.2, -0.15) is 11.8 Å². The number of hydrogen-bond donors (Lipinski definition) is 1. The molecule has 0 spiro atoms. The van der Waals surface area contributed by atoms with Crippen molar-refractivity contribution in [3.05, 3.63) is 0 Å². The molecule has 4 nitrogen and oxygen atoms in total. The van der Waals surface area contributed by atoms with Crippen molar-refractivity contribution in [3.8, 4) is 0 Å². The highest BCUT2D eigenvalue weighted by Gasteiger charge is 2.18. The van der Waals surface area contributed by atoms with Gasteiger partial charge in [-0.05, 0) is 18.4 Å². The zero-order chi connectivity index (χ0) is 11.0. The number of ether oxygens (including phenoxy) is 1. The van der Waals surface area contributed by atoms with Crippen LogP contribution in [-0.2, 0) is 14.3 Å². The van der Waals surface area contributed by atoms with Crippen LogP contribution in [0, 0.1) is 0 Å².